The van der Waals surface area contributed by atoms with Gasteiger partial charge in [0.15, 0.2) is 0 Å². The van der Waals surface area contributed by atoms with E-state index in [2.05, 4.69) is 5.32 Å². The van der Waals surface area contributed by atoms with E-state index in [1.165, 1.54) is 0 Å². The van der Waals surface area contributed by atoms with Crippen LogP contribution in [0.2, 0.25) is 0 Å². The monoisotopic (exact) mass is 256 g/mol. The number of nitrogens with two attached hydrogens (primary N) is 1. The summed E-state index contributed by atoms with van der Waals surface area (Å²) in [6, 6.07) is 0. The molecule has 0 unspecified atom stereocenters. The molecule has 0 aromatic carbocycles. The Morgan fingerprint density at radius 3 is 2.44 bits per heavy atom. The third-order valence-electron chi connectivity index (χ3n) is 3.98. The Kier molecular flexibility index (Phi) is 4.73. The second kappa shape index (κ2) is 5.69. The standard InChI is InChI=1S/C13H24N2O3/c1-5-13(8(2)3,12(14)17)15-11(16)10-9(4)6-7-18-10/h8-10H,5-7H2,1-4H3,(H2,14,17)(H,15,16)/t9-,10+,13-/m1/s1. The van der Waals surface area contributed by atoms with E-state index in [0.717, 1.165) is 6.42 Å². The van der Waals surface area contributed by atoms with E-state index in [4.69, 9.17) is 10.5 Å². The zero-order chi connectivity index (χ0) is 13.9. The maximum atomic E-state index is 12.2. The molecule has 5 nitrogen and oxygen atoms in total. The largest absolute Gasteiger partial charge is 0.368 e. The van der Waals surface area contributed by atoms with Crippen LogP contribution in [0.5, 0.6) is 0 Å². The number of hydrogen-bond donors (Lipinski definition) is 2. The molecule has 104 valence electrons. The lowest BCUT2D eigenvalue weighted by atomic mass is 9.82. The smallest absolute Gasteiger partial charge is 0.250 e. The van der Waals surface area contributed by atoms with Crippen LogP contribution in [0.25, 0.3) is 0 Å². The van der Waals surface area contributed by atoms with Gasteiger partial charge in [-0.25, -0.2) is 0 Å². The highest BCUT2D eigenvalue weighted by Gasteiger charge is 2.42. The van der Waals surface area contributed by atoms with E-state index in [0.29, 0.717) is 13.0 Å². The number of rotatable bonds is 5. The maximum Gasteiger partial charge on any atom is 0.250 e. The van der Waals surface area contributed by atoms with Gasteiger partial charge < -0.3 is 15.8 Å². The highest BCUT2D eigenvalue weighted by Crippen LogP contribution is 2.24. The van der Waals surface area contributed by atoms with Crippen LogP contribution in [0.4, 0.5) is 0 Å². The molecule has 18 heavy (non-hydrogen) atoms. The first-order valence-corrected chi connectivity index (χ1v) is 6.58. The molecule has 1 rings (SSSR count). The zero-order valence-electron chi connectivity index (χ0n) is 11.7. The molecule has 0 aromatic heterocycles. The van der Waals surface area contributed by atoms with Crippen molar-refractivity contribution in [2.45, 2.75) is 52.2 Å². The molecule has 3 atom stereocenters. The van der Waals surface area contributed by atoms with Crippen LogP contribution in [0.3, 0.4) is 0 Å². The van der Waals surface area contributed by atoms with E-state index >= 15 is 0 Å². The molecule has 1 heterocycles. The minimum Gasteiger partial charge on any atom is -0.368 e. The fourth-order valence-corrected chi connectivity index (χ4v) is 2.48. The summed E-state index contributed by atoms with van der Waals surface area (Å²) in [5.74, 6) is -0.589. The van der Waals surface area contributed by atoms with Crippen LogP contribution < -0.4 is 11.1 Å². The van der Waals surface area contributed by atoms with Gasteiger partial charge >= 0.3 is 0 Å². The van der Waals surface area contributed by atoms with Gasteiger partial charge in [-0.3, -0.25) is 9.59 Å². The lowest BCUT2D eigenvalue weighted by molar-refractivity contribution is -0.139. The number of carbonyl (C=O) groups excluding carboxylic acids is 2. The van der Waals surface area contributed by atoms with E-state index in [-0.39, 0.29) is 17.7 Å². The summed E-state index contributed by atoms with van der Waals surface area (Å²) in [6.07, 6.45) is 0.886. The highest BCUT2D eigenvalue weighted by molar-refractivity contribution is 5.92. The third-order valence-corrected chi connectivity index (χ3v) is 3.98. The van der Waals surface area contributed by atoms with E-state index in [9.17, 15) is 9.59 Å². The summed E-state index contributed by atoms with van der Waals surface area (Å²) < 4.78 is 5.41. The number of hydrogen-bond acceptors (Lipinski definition) is 3. The van der Waals surface area contributed by atoms with E-state index < -0.39 is 17.6 Å². The summed E-state index contributed by atoms with van der Waals surface area (Å²) in [6.45, 7) is 8.19. The first-order chi connectivity index (χ1) is 8.35. The molecule has 1 fully saturated rings. The fraction of sp³-hybridized carbons (Fsp3) is 0.846. The Hall–Kier alpha value is -1.10. The van der Waals surface area contributed by atoms with Crippen LogP contribution in [0, 0.1) is 11.8 Å². The minimum atomic E-state index is -0.983. The molecule has 5 heteroatoms. The summed E-state index contributed by atoms with van der Waals surface area (Å²) in [4.78, 5) is 23.9. The van der Waals surface area contributed by atoms with E-state index in [1.54, 1.807) is 0 Å². The van der Waals surface area contributed by atoms with Crippen molar-refractivity contribution in [3.63, 3.8) is 0 Å². The van der Waals surface area contributed by atoms with Gasteiger partial charge in [-0.15, -0.1) is 0 Å². The molecule has 3 N–H and O–H groups in total. The number of primary amides is 1. The average Bonchev–Trinajstić information content (AvgIpc) is 2.71. The lowest BCUT2D eigenvalue weighted by Crippen LogP contribution is -2.62. The topological polar surface area (TPSA) is 81.4 Å². The average molecular weight is 256 g/mol. The van der Waals surface area contributed by atoms with Gasteiger partial charge in [0.25, 0.3) is 0 Å². The molecule has 0 bridgehead atoms. The molecule has 0 aliphatic carbocycles. The number of ether oxygens (including phenoxy) is 1. The quantitative estimate of drug-likeness (QED) is 0.764. The van der Waals surface area contributed by atoms with Crippen LogP contribution >= 0.6 is 0 Å². The highest BCUT2D eigenvalue weighted by atomic mass is 16.5. The van der Waals surface area contributed by atoms with Crippen LogP contribution in [0.1, 0.15) is 40.5 Å². The SMILES string of the molecule is CC[C@](NC(=O)[C@H]1OCC[C@H]1C)(C(N)=O)C(C)C. The van der Waals surface area contributed by atoms with Crippen molar-refractivity contribution in [1.29, 1.82) is 0 Å². The molecule has 0 saturated carbocycles. The van der Waals surface area contributed by atoms with E-state index in [1.807, 2.05) is 27.7 Å². The Bertz CT molecular complexity index is 330. The number of carbonyl (C=O) groups is 2. The van der Waals surface area contributed by atoms with Crippen molar-refractivity contribution < 1.29 is 14.3 Å². The van der Waals surface area contributed by atoms with Crippen molar-refractivity contribution in [3.05, 3.63) is 0 Å². The van der Waals surface area contributed by atoms with Crippen LogP contribution in [0.15, 0.2) is 0 Å². The number of nitrogens with one attached hydrogen (secondary N) is 1. The minimum absolute atomic E-state index is 0.0549. The molecule has 0 spiro atoms. The van der Waals surface area contributed by atoms with Crippen LogP contribution in [-0.2, 0) is 14.3 Å². The van der Waals surface area contributed by atoms with Crippen molar-refractivity contribution in [2.75, 3.05) is 6.61 Å². The molecule has 0 radical (unpaired) electrons. The lowest BCUT2D eigenvalue weighted by Gasteiger charge is -2.35. The Balaban J connectivity index is 2.84. The zero-order valence-corrected chi connectivity index (χ0v) is 11.7. The van der Waals surface area contributed by atoms with Gasteiger partial charge in [0.2, 0.25) is 11.8 Å². The molecule has 1 saturated heterocycles. The second-order valence-electron chi connectivity index (χ2n) is 5.39. The maximum absolute atomic E-state index is 12.2. The van der Waals surface area contributed by atoms with Gasteiger partial charge in [-0.1, -0.05) is 27.7 Å². The van der Waals surface area contributed by atoms with Crippen molar-refractivity contribution in [2.24, 2.45) is 17.6 Å². The summed E-state index contributed by atoms with van der Waals surface area (Å²) >= 11 is 0. The Morgan fingerprint density at radius 2 is 2.11 bits per heavy atom. The first kappa shape index (κ1) is 15.0. The second-order valence-corrected chi connectivity index (χ2v) is 5.39. The van der Waals surface area contributed by atoms with Gasteiger partial charge in [0.05, 0.1) is 0 Å². The first-order valence-electron chi connectivity index (χ1n) is 6.58. The Morgan fingerprint density at radius 1 is 1.50 bits per heavy atom. The molecule has 2 amide bonds. The van der Waals surface area contributed by atoms with Gasteiger partial charge in [-0.05, 0) is 24.7 Å². The fourth-order valence-electron chi connectivity index (χ4n) is 2.48. The van der Waals surface area contributed by atoms with Gasteiger partial charge in [-0.2, -0.15) is 0 Å². The molecule has 0 aromatic rings. The normalized spacial score (nSPS) is 26.9. The van der Waals surface area contributed by atoms with Crippen molar-refractivity contribution in [1.82, 2.24) is 5.32 Å². The van der Waals surface area contributed by atoms with Crippen molar-refractivity contribution in [3.8, 4) is 0 Å². The third kappa shape index (κ3) is 2.66. The molecular weight excluding hydrogens is 232 g/mol. The summed E-state index contributed by atoms with van der Waals surface area (Å²) in [7, 11) is 0. The predicted molar refractivity (Wildman–Crippen MR) is 68.7 cm³/mol. The molecule has 1 aliphatic rings. The Labute approximate surface area is 108 Å². The van der Waals surface area contributed by atoms with Crippen LogP contribution in [-0.4, -0.2) is 30.1 Å². The predicted octanol–water partition coefficient (Wildman–Crippen LogP) is 0.818. The summed E-state index contributed by atoms with van der Waals surface area (Å²) in [5, 5.41) is 2.81. The molecular formula is C13H24N2O3. The van der Waals surface area contributed by atoms with Gasteiger partial charge in [0.1, 0.15) is 11.6 Å². The molecule has 1 aliphatic heterocycles. The number of amides is 2. The van der Waals surface area contributed by atoms with Crippen molar-refractivity contribution >= 4 is 11.8 Å². The summed E-state index contributed by atoms with van der Waals surface area (Å²) in [5.41, 5.74) is 4.49. The van der Waals surface area contributed by atoms with Gasteiger partial charge in [0, 0.05) is 6.61 Å².